The molecule has 8 heteroatoms. The maximum atomic E-state index is 12.4. The Labute approximate surface area is 171 Å². The summed E-state index contributed by atoms with van der Waals surface area (Å²) in [5.74, 6) is -1.70. The minimum atomic E-state index is -0.619. The number of carbonyl (C=O) groups is 3. The van der Waals surface area contributed by atoms with E-state index in [1.807, 2.05) is 12.2 Å². The van der Waals surface area contributed by atoms with E-state index >= 15 is 0 Å². The Hall–Kier alpha value is -3.42. The van der Waals surface area contributed by atoms with Gasteiger partial charge in [-0.2, -0.15) is 0 Å². The van der Waals surface area contributed by atoms with Gasteiger partial charge < -0.3 is 14.3 Å². The molecule has 1 N–H and O–H groups in total. The zero-order chi connectivity index (χ0) is 21.4. The van der Waals surface area contributed by atoms with Crippen LogP contribution in [0, 0.1) is 18.8 Å². The molecule has 2 atom stereocenters. The zero-order valence-corrected chi connectivity index (χ0v) is 16.4. The average molecular weight is 411 g/mol. The van der Waals surface area contributed by atoms with Crippen molar-refractivity contribution in [3.8, 4) is 5.75 Å². The van der Waals surface area contributed by atoms with Gasteiger partial charge in [-0.05, 0) is 31.9 Å². The van der Waals surface area contributed by atoms with Crippen molar-refractivity contribution in [3.63, 3.8) is 0 Å². The van der Waals surface area contributed by atoms with E-state index in [1.165, 1.54) is 12.1 Å². The number of aromatic hydroxyl groups is 1. The van der Waals surface area contributed by atoms with Crippen LogP contribution in [0.5, 0.6) is 5.75 Å². The second-order valence-corrected chi connectivity index (χ2v) is 7.57. The number of phenolic OH excluding ortho intramolecular Hbond substituents is 1. The lowest BCUT2D eigenvalue weighted by atomic mass is 9.85. The van der Waals surface area contributed by atoms with Crippen molar-refractivity contribution in [2.24, 2.45) is 11.8 Å². The molecule has 1 fully saturated rings. The number of nitrogens with zero attached hydrogens (tertiary/aromatic N) is 1. The molecule has 1 aliphatic carbocycles. The van der Waals surface area contributed by atoms with Gasteiger partial charge >= 0.3 is 11.6 Å². The summed E-state index contributed by atoms with van der Waals surface area (Å²) in [6, 6.07) is 4.29. The van der Waals surface area contributed by atoms with Crippen LogP contribution in [0.15, 0.2) is 39.6 Å². The van der Waals surface area contributed by atoms with Crippen molar-refractivity contribution in [1.29, 1.82) is 0 Å². The summed E-state index contributed by atoms with van der Waals surface area (Å²) in [7, 11) is 0. The first-order chi connectivity index (χ1) is 14.4. The van der Waals surface area contributed by atoms with Crippen molar-refractivity contribution < 1.29 is 28.6 Å². The third-order valence-electron chi connectivity index (χ3n) is 5.75. The summed E-state index contributed by atoms with van der Waals surface area (Å²) in [6.45, 7) is 1.43. The Morgan fingerprint density at radius 3 is 2.50 bits per heavy atom. The molecule has 156 valence electrons. The summed E-state index contributed by atoms with van der Waals surface area (Å²) in [6.07, 6.45) is 4.80. The van der Waals surface area contributed by atoms with Gasteiger partial charge in [-0.25, -0.2) is 4.79 Å². The monoisotopic (exact) mass is 411 g/mol. The Morgan fingerprint density at radius 1 is 1.17 bits per heavy atom. The van der Waals surface area contributed by atoms with Gasteiger partial charge in [0.25, 0.3) is 0 Å². The van der Waals surface area contributed by atoms with E-state index in [1.54, 1.807) is 13.0 Å². The number of fused-ring (bicyclic) bond motifs is 2. The Bertz CT molecular complexity index is 1100. The van der Waals surface area contributed by atoms with Crippen molar-refractivity contribution >= 4 is 28.8 Å². The number of amides is 2. The molecule has 0 bridgehead atoms. The lowest BCUT2D eigenvalue weighted by Gasteiger charge is -2.14. The van der Waals surface area contributed by atoms with Gasteiger partial charge in [-0.1, -0.05) is 12.2 Å². The summed E-state index contributed by atoms with van der Waals surface area (Å²) in [5.41, 5.74) is 0.479. The van der Waals surface area contributed by atoms with E-state index in [4.69, 9.17) is 9.15 Å². The number of rotatable bonds is 5. The molecule has 8 nitrogen and oxygen atoms in total. The molecule has 1 saturated heterocycles. The van der Waals surface area contributed by atoms with Gasteiger partial charge in [0.15, 0.2) is 0 Å². The van der Waals surface area contributed by atoms with Crippen molar-refractivity contribution in [2.75, 3.05) is 6.54 Å². The second kappa shape index (κ2) is 7.78. The molecular formula is C22H21NO7. The molecule has 2 heterocycles. The quantitative estimate of drug-likeness (QED) is 0.347. The molecule has 0 saturated carbocycles. The number of hydrogen-bond donors (Lipinski definition) is 1. The summed E-state index contributed by atoms with van der Waals surface area (Å²) < 4.78 is 10.4. The van der Waals surface area contributed by atoms with Crippen LogP contribution >= 0.6 is 0 Å². The number of aryl methyl sites for hydroxylation is 1. The van der Waals surface area contributed by atoms with Gasteiger partial charge in [0.2, 0.25) is 11.8 Å². The van der Waals surface area contributed by atoms with Gasteiger partial charge in [0.1, 0.15) is 17.9 Å². The van der Waals surface area contributed by atoms with Crippen molar-refractivity contribution in [1.82, 2.24) is 4.90 Å². The van der Waals surface area contributed by atoms with Gasteiger partial charge in [-0.3, -0.25) is 19.3 Å². The summed E-state index contributed by atoms with van der Waals surface area (Å²) >= 11 is 0. The van der Waals surface area contributed by atoms with E-state index in [2.05, 4.69) is 0 Å². The van der Waals surface area contributed by atoms with Crippen molar-refractivity contribution in [3.05, 3.63) is 51.9 Å². The van der Waals surface area contributed by atoms with Crippen molar-refractivity contribution in [2.45, 2.75) is 32.8 Å². The van der Waals surface area contributed by atoms with E-state index in [9.17, 15) is 24.3 Å². The highest BCUT2D eigenvalue weighted by Crippen LogP contribution is 2.35. The Morgan fingerprint density at radius 2 is 1.83 bits per heavy atom. The number of imide groups is 1. The van der Waals surface area contributed by atoms with Gasteiger partial charge in [-0.15, -0.1) is 0 Å². The van der Waals surface area contributed by atoms with E-state index in [-0.39, 0.29) is 54.6 Å². The first-order valence-electron chi connectivity index (χ1n) is 9.78. The summed E-state index contributed by atoms with van der Waals surface area (Å²) in [5, 5.41) is 10.4. The smallest absolute Gasteiger partial charge is 0.336 e. The van der Waals surface area contributed by atoms with Crippen LogP contribution in [0.4, 0.5) is 0 Å². The first-order valence-corrected chi connectivity index (χ1v) is 9.78. The molecule has 0 unspecified atom stereocenters. The SMILES string of the molecule is Cc1c(O)ccc2c(COC(=O)CCN3C(=O)[C@H]4CC=CC[C@H]4C3=O)cc(=O)oc12. The minimum Gasteiger partial charge on any atom is -0.508 e. The highest BCUT2D eigenvalue weighted by molar-refractivity contribution is 6.05. The topological polar surface area (TPSA) is 114 Å². The van der Waals surface area contributed by atoms with Gasteiger partial charge in [0, 0.05) is 29.1 Å². The lowest BCUT2D eigenvalue weighted by molar-refractivity contribution is -0.146. The highest BCUT2D eigenvalue weighted by Gasteiger charge is 2.46. The fraction of sp³-hybridized carbons (Fsp3) is 0.364. The van der Waals surface area contributed by atoms with Crippen LogP contribution in [0.2, 0.25) is 0 Å². The maximum Gasteiger partial charge on any atom is 0.336 e. The second-order valence-electron chi connectivity index (χ2n) is 7.57. The number of allylic oxidation sites excluding steroid dienone is 2. The third kappa shape index (κ3) is 3.49. The maximum absolute atomic E-state index is 12.4. The molecule has 0 spiro atoms. The number of carbonyl (C=O) groups excluding carboxylic acids is 3. The van der Waals surface area contributed by atoms with Crippen LogP contribution in [-0.4, -0.2) is 34.3 Å². The molecule has 2 aromatic rings. The van der Waals surface area contributed by atoms with Gasteiger partial charge in [0.05, 0.1) is 18.3 Å². The number of ether oxygens (including phenoxy) is 1. The molecule has 1 aromatic heterocycles. The fourth-order valence-corrected chi connectivity index (χ4v) is 4.06. The van der Waals surface area contributed by atoms with E-state index in [0.29, 0.717) is 29.4 Å². The van der Waals surface area contributed by atoms with Crippen LogP contribution < -0.4 is 5.63 Å². The third-order valence-corrected chi connectivity index (χ3v) is 5.75. The lowest BCUT2D eigenvalue weighted by Crippen LogP contribution is -2.33. The highest BCUT2D eigenvalue weighted by atomic mass is 16.5. The Balaban J connectivity index is 1.40. The standard InChI is InChI=1S/C22H21NO7/c1-12-17(24)7-6-14-13(10-19(26)30-20(12)14)11-29-18(25)8-9-23-21(27)15-4-2-3-5-16(15)22(23)28/h2-3,6-7,10,15-16,24H,4-5,8-9,11H2,1H3/t15-,16+. The summed E-state index contributed by atoms with van der Waals surface area (Å²) in [4.78, 5) is 50.1. The first kappa shape index (κ1) is 19.9. The predicted octanol–water partition coefficient (Wildman–Crippen LogP) is 2.19. The number of esters is 1. The van der Waals surface area contributed by atoms with Crippen LogP contribution in [0.3, 0.4) is 0 Å². The van der Waals surface area contributed by atoms with E-state index in [0.717, 1.165) is 4.90 Å². The Kier molecular flexibility index (Phi) is 5.15. The largest absolute Gasteiger partial charge is 0.508 e. The molecule has 30 heavy (non-hydrogen) atoms. The molecule has 2 amide bonds. The molecule has 1 aliphatic heterocycles. The number of phenols is 1. The fourth-order valence-electron chi connectivity index (χ4n) is 4.06. The van der Waals surface area contributed by atoms with Crippen LogP contribution in [-0.2, 0) is 25.7 Å². The molecular weight excluding hydrogens is 390 g/mol. The van der Waals surface area contributed by atoms with Crippen LogP contribution in [0.25, 0.3) is 11.0 Å². The van der Waals surface area contributed by atoms with E-state index < -0.39 is 11.6 Å². The zero-order valence-electron chi connectivity index (χ0n) is 16.4. The minimum absolute atomic E-state index is 0.00416. The molecule has 0 radical (unpaired) electrons. The normalized spacial score (nSPS) is 20.6. The number of hydrogen-bond acceptors (Lipinski definition) is 7. The predicted molar refractivity (Wildman–Crippen MR) is 105 cm³/mol. The van der Waals surface area contributed by atoms with Crippen LogP contribution in [0.1, 0.15) is 30.4 Å². The average Bonchev–Trinajstić information content (AvgIpc) is 2.98. The number of likely N-dealkylation sites (tertiary alicyclic amines) is 1. The molecule has 4 rings (SSSR count). The molecule has 1 aromatic carbocycles. The number of benzene rings is 1. The molecule has 2 aliphatic rings.